The quantitative estimate of drug-likeness (QED) is 0.844. The molecule has 2 amide bonds. The molecule has 4 nitrogen and oxygen atoms in total. The molecule has 1 aliphatic heterocycles. The van der Waals surface area contributed by atoms with Gasteiger partial charge in [-0.3, -0.25) is 9.59 Å². The topological polar surface area (TPSA) is 49.4 Å². The van der Waals surface area contributed by atoms with Crippen molar-refractivity contribution in [1.82, 2.24) is 10.2 Å². The molecule has 1 aromatic rings. The molecule has 1 saturated heterocycles. The highest BCUT2D eigenvalue weighted by molar-refractivity contribution is 6.00. The summed E-state index contributed by atoms with van der Waals surface area (Å²) in [4.78, 5) is 27.2. The van der Waals surface area contributed by atoms with Crippen LogP contribution in [0.5, 0.6) is 0 Å². The minimum absolute atomic E-state index is 0.0190. The Morgan fingerprint density at radius 3 is 2.38 bits per heavy atom. The zero-order valence-electron chi connectivity index (χ0n) is 12.4. The number of amides is 2. The van der Waals surface area contributed by atoms with E-state index in [0.29, 0.717) is 0 Å². The first-order valence-corrected chi connectivity index (χ1v) is 7.39. The van der Waals surface area contributed by atoms with Gasteiger partial charge in [0.15, 0.2) is 0 Å². The van der Waals surface area contributed by atoms with Crippen LogP contribution in [0.15, 0.2) is 42.5 Å². The first-order valence-electron chi connectivity index (χ1n) is 7.39. The molecule has 2 unspecified atom stereocenters. The Balaban J connectivity index is 1.99. The molecule has 3 rings (SSSR count). The summed E-state index contributed by atoms with van der Waals surface area (Å²) >= 11 is 0. The molecular formula is C17H20N2O2. The highest BCUT2D eigenvalue weighted by atomic mass is 16.2. The molecule has 0 aromatic heterocycles. The highest BCUT2D eigenvalue weighted by Crippen LogP contribution is 2.32. The van der Waals surface area contributed by atoms with Crippen LogP contribution in [0.3, 0.4) is 0 Å². The number of nitrogens with one attached hydrogen (secondary N) is 1. The number of benzene rings is 1. The van der Waals surface area contributed by atoms with E-state index in [2.05, 4.69) is 17.5 Å². The van der Waals surface area contributed by atoms with E-state index in [1.54, 1.807) is 18.7 Å². The van der Waals surface area contributed by atoms with Crippen molar-refractivity contribution in [2.45, 2.75) is 44.3 Å². The minimum Gasteiger partial charge on any atom is -0.336 e. The zero-order chi connectivity index (χ0) is 15.0. The van der Waals surface area contributed by atoms with Crippen LogP contribution in [-0.4, -0.2) is 28.8 Å². The summed E-state index contributed by atoms with van der Waals surface area (Å²) < 4.78 is 0. The van der Waals surface area contributed by atoms with Crippen molar-refractivity contribution in [3.63, 3.8) is 0 Å². The number of carbonyl (C=O) groups is 2. The second kappa shape index (κ2) is 5.02. The third-order valence-electron chi connectivity index (χ3n) is 4.56. The number of rotatable bonds is 2. The Hall–Kier alpha value is -2.10. The number of nitrogens with zero attached hydrogens (tertiary/aromatic N) is 1. The maximum atomic E-state index is 13.1. The van der Waals surface area contributed by atoms with Gasteiger partial charge in [0, 0.05) is 6.04 Å². The summed E-state index contributed by atoms with van der Waals surface area (Å²) in [5.41, 5.74) is -0.154. The maximum Gasteiger partial charge on any atom is 0.253 e. The fourth-order valence-corrected chi connectivity index (χ4v) is 3.24. The molecule has 0 radical (unpaired) electrons. The largest absolute Gasteiger partial charge is 0.336 e. The Kier molecular flexibility index (Phi) is 3.32. The average molecular weight is 284 g/mol. The van der Waals surface area contributed by atoms with Crippen LogP contribution in [-0.2, 0) is 15.1 Å². The van der Waals surface area contributed by atoms with Gasteiger partial charge in [-0.25, -0.2) is 0 Å². The third-order valence-corrected chi connectivity index (χ3v) is 4.56. The predicted octanol–water partition coefficient (Wildman–Crippen LogP) is 1.97. The van der Waals surface area contributed by atoms with Crippen molar-refractivity contribution in [3.05, 3.63) is 48.0 Å². The maximum absolute atomic E-state index is 13.1. The lowest BCUT2D eigenvalue weighted by Crippen LogP contribution is -2.68. The van der Waals surface area contributed by atoms with Crippen molar-refractivity contribution in [2.24, 2.45) is 0 Å². The molecule has 2 atom stereocenters. The Labute approximate surface area is 124 Å². The van der Waals surface area contributed by atoms with Crippen molar-refractivity contribution in [1.29, 1.82) is 0 Å². The first-order chi connectivity index (χ1) is 10.0. The average Bonchev–Trinajstić information content (AvgIpc) is 3.00. The van der Waals surface area contributed by atoms with E-state index in [9.17, 15) is 9.59 Å². The fourth-order valence-electron chi connectivity index (χ4n) is 3.24. The highest BCUT2D eigenvalue weighted by Gasteiger charge is 2.49. The molecule has 0 spiro atoms. The Bertz CT molecular complexity index is 588. The molecule has 21 heavy (non-hydrogen) atoms. The van der Waals surface area contributed by atoms with Gasteiger partial charge in [-0.1, -0.05) is 42.5 Å². The van der Waals surface area contributed by atoms with E-state index in [4.69, 9.17) is 0 Å². The summed E-state index contributed by atoms with van der Waals surface area (Å²) in [5, 5.41) is 2.91. The second-order valence-corrected chi connectivity index (χ2v) is 5.97. The summed E-state index contributed by atoms with van der Waals surface area (Å²) in [7, 11) is 0. The smallest absolute Gasteiger partial charge is 0.253 e. The second-order valence-electron chi connectivity index (χ2n) is 5.97. The monoisotopic (exact) mass is 284 g/mol. The number of hydrogen-bond donors (Lipinski definition) is 1. The van der Waals surface area contributed by atoms with Crippen LogP contribution < -0.4 is 5.32 Å². The van der Waals surface area contributed by atoms with Crippen LogP contribution >= 0.6 is 0 Å². The van der Waals surface area contributed by atoms with Crippen molar-refractivity contribution in [2.75, 3.05) is 0 Å². The summed E-state index contributed by atoms with van der Waals surface area (Å²) in [5.74, 6) is -0.109. The van der Waals surface area contributed by atoms with E-state index in [-0.39, 0.29) is 17.9 Å². The SMILES string of the molecule is CC1C(=O)NC(C)(c2ccccc2)C(=O)N1C1CC=CC1. The van der Waals surface area contributed by atoms with E-state index in [1.807, 2.05) is 30.3 Å². The van der Waals surface area contributed by atoms with Crippen LogP contribution in [0.4, 0.5) is 0 Å². The van der Waals surface area contributed by atoms with E-state index in [0.717, 1.165) is 18.4 Å². The van der Waals surface area contributed by atoms with Gasteiger partial charge in [0.25, 0.3) is 5.91 Å². The van der Waals surface area contributed by atoms with E-state index >= 15 is 0 Å². The molecule has 1 fully saturated rings. The molecule has 0 saturated carbocycles. The van der Waals surface area contributed by atoms with Gasteiger partial charge in [-0.15, -0.1) is 0 Å². The number of hydrogen-bond acceptors (Lipinski definition) is 2. The van der Waals surface area contributed by atoms with Crippen molar-refractivity contribution < 1.29 is 9.59 Å². The molecule has 1 aromatic carbocycles. The molecule has 4 heteroatoms. The molecule has 110 valence electrons. The summed E-state index contributed by atoms with van der Waals surface area (Å²) in [6.07, 6.45) is 5.82. The van der Waals surface area contributed by atoms with Crippen LogP contribution in [0, 0.1) is 0 Å². The van der Waals surface area contributed by atoms with Gasteiger partial charge in [0.2, 0.25) is 5.91 Å². The molecule has 2 aliphatic rings. The molecule has 1 aliphatic carbocycles. The van der Waals surface area contributed by atoms with Crippen LogP contribution in [0.2, 0.25) is 0 Å². The van der Waals surface area contributed by atoms with Crippen LogP contribution in [0.1, 0.15) is 32.3 Å². The molecule has 1 N–H and O–H groups in total. The van der Waals surface area contributed by atoms with Gasteiger partial charge in [-0.05, 0) is 32.3 Å². The lowest BCUT2D eigenvalue weighted by Gasteiger charge is -2.46. The van der Waals surface area contributed by atoms with Crippen molar-refractivity contribution in [3.8, 4) is 0 Å². The normalized spacial score (nSPS) is 29.8. The number of carbonyl (C=O) groups excluding carboxylic acids is 2. The number of piperazine rings is 1. The Morgan fingerprint density at radius 2 is 1.76 bits per heavy atom. The summed E-state index contributed by atoms with van der Waals surface area (Å²) in [6.45, 7) is 3.60. The van der Waals surface area contributed by atoms with Gasteiger partial charge in [0.05, 0.1) is 0 Å². The van der Waals surface area contributed by atoms with Crippen LogP contribution in [0.25, 0.3) is 0 Å². The van der Waals surface area contributed by atoms with Gasteiger partial charge in [0.1, 0.15) is 11.6 Å². The van der Waals surface area contributed by atoms with Gasteiger partial charge in [-0.2, -0.15) is 0 Å². The lowest BCUT2D eigenvalue weighted by molar-refractivity contribution is -0.156. The predicted molar refractivity (Wildman–Crippen MR) is 80.4 cm³/mol. The minimum atomic E-state index is -0.979. The zero-order valence-corrected chi connectivity index (χ0v) is 12.4. The van der Waals surface area contributed by atoms with Gasteiger partial charge < -0.3 is 10.2 Å². The van der Waals surface area contributed by atoms with Crippen molar-refractivity contribution >= 4 is 11.8 Å². The molecule has 0 bridgehead atoms. The first kappa shape index (κ1) is 13.9. The standard InChI is InChI=1S/C17H20N2O2/c1-12-15(20)18-17(2,13-8-4-3-5-9-13)16(21)19(12)14-10-6-7-11-14/h3-9,12,14H,10-11H2,1-2H3,(H,18,20). The molecule has 1 heterocycles. The van der Waals surface area contributed by atoms with Gasteiger partial charge >= 0.3 is 0 Å². The third kappa shape index (κ3) is 2.15. The Morgan fingerprint density at radius 1 is 1.14 bits per heavy atom. The summed E-state index contributed by atoms with van der Waals surface area (Å²) in [6, 6.07) is 9.14. The lowest BCUT2D eigenvalue weighted by atomic mass is 9.86. The molecular weight excluding hydrogens is 264 g/mol. The fraction of sp³-hybridized carbons (Fsp3) is 0.412. The van der Waals surface area contributed by atoms with E-state index in [1.165, 1.54) is 0 Å². The van der Waals surface area contributed by atoms with E-state index < -0.39 is 11.6 Å².